The van der Waals surface area contributed by atoms with Crippen molar-refractivity contribution in [1.82, 2.24) is 9.78 Å². The topological polar surface area (TPSA) is 43.8 Å². The van der Waals surface area contributed by atoms with Crippen LogP contribution in [0.2, 0.25) is 0 Å². The lowest BCUT2D eigenvalue weighted by Crippen LogP contribution is -2.15. The molecule has 0 bridgehead atoms. The second-order valence-electron chi connectivity index (χ2n) is 5.02. The van der Waals surface area contributed by atoms with E-state index in [0.29, 0.717) is 0 Å². The molecule has 0 fully saturated rings. The van der Waals surface area contributed by atoms with E-state index in [1.807, 2.05) is 24.9 Å². The van der Waals surface area contributed by atoms with Crippen molar-refractivity contribution < 1.29 is 0 Å². The summed E-state index contributed by atoms with van der Waals surface area (Å²) in [6, 6.07) is 6.39. The van der Waals surface area contributed by atoms with Gasteiger partial charge in [0.05, 0.1) is 5.69 Å². The van der Waals surface area contributed by atoms with Gasteiger partial charge in [-0.15, -0.1) is 0 Å². The fourth-order valence-corrected chi connectivity index (χ4v) is 2.48. The first-order valence-corrected chi connectivity index (χ1v) is 6.30. The monoisotopic (exact) mass is 243 g/mol. The van der Waals surface area contributed by atoms with Gasteiger partial charge in [0.15, 0.2) is 0 Å². The summed E-state index contributed by atoms with van der Waals surface area (Å²) in [6.07, 6.45) is 2.89. The van der Waals surface area contributed by atoms with Gasteiger partial charge in [-0.25, -0.2) is 0 Å². The van der Waals surface area contributed by atoms with Gasteiger partial charge < -0.3 is 5.73 Å². The maximum absolute atomic E-state index is 6.33. The van der Waals surface area contributed by atoms with Crippen LogP contribution in [0.15, 0.2) is 24.4 Å². The van der Waals surface area contributed by atoms with Crippen LogP contribution in [0.1, 0.15) is 34.0 Å². The van der Waals surface area contributed by atoms with Crippen molar-refractivity contribution >= 4 is 0 Å². The third-order valence-electron chi connectivity index (χ3n) is 3.52. The van der Waals surface area contributed by atoms with Crippen molar-refractivity contribution in [3.8, 4) is 0 Å². The molecule has 0 amide bonds. The van der Waals surface area contributed by atoms with Crippen molar-refractivity contribution in [2.45, 2.75) is 33.2 Å². The zero-order valence-electron chi connectivity index (χ0n) is 11.6. The summed E-state index contributed by atoms with van der Waals surface area (Å²) in [4.78, 5) is 0. The largest absolute Gasteiger partial charge is 0.324 e. The average molecular weight is 243 g/mol. The van der Waals surface area contributed by atoms with Crippen LogP contribution in [0.4, 0.5) is 0 Å². The van der Waals surface area contributed by atoms with E-state index in [-0.39, 0.29) is 6.04 Å². The minimum absolute atomic E-state index is 0.0125. The number of hydrogen-bond acceptors (Lipinski definition) is 2. The molecule has 3 heteroatoms. The van der Waals surface area contributed by atoms with Gasteiger partial charge in [-0.3, -0.25) is 4.68 Å². The van der Waals surface area contributed by atoms with Crippen LogP contribution in [-0.4, -0.2) is 9.78 Å². The predicted molar refractivity (Wildman–Crippen MR) is 74.5 cm³/mol. The van der Waals surface area contributed by atoms with Gasteiger partial charge in [0.1, 0.15) is 0 Å². The molecule has 1 atom stereocenters. The van der Waals surface area contributed by atoms with Crippen LogP contribution in [-0.2, 0) is 13.5 Å². The molecule has 1 aromatic carbocycles. The van der Waals surface area contributed by atoms with Gasteiger partial charge in [-0.1, -0.05) is 18.2 Å². The van der Waals surface area contributed by atoms with Crippen LogP contribution in [0.25, 0.3) is 0 Å². The van der Waals surface area contributed by atoms with Crippen molar-refractivity contribution in [2.75, 3.05) is 0 Å². The summed E-state index contributed by atoms with van der Waals surface area (Å²) in [5, 5.41) is 4.36. The molecule has 1 heterocycles. The first-order chi connectivity index (χ1) is 8.49. The highest BCUT2D eigenvalue weighted by molar-refractivity contribution is 5.35. The molecular weight excluding hydrogens is 222 g/mol. The van der Waals surface area contributed by atoms with E-state index in [2.05, 4.69) is 37.1 Å². The van der Waals surface area contributed by atoms with Gasteiger partial charge in [0, 0.05) is 24.8 Å². The minimum Gasteiger partial charge on any atom is -0.324 e. The molecule has 0 aliphatic heterocycles. The predicted octanol–water partition coefficient (Wildman–Crippen LogP) is 2.59. The quantitative estimate of drug-likeness (QED) is 0.900. The molecule has 2 aromatic rings. The fraction of sp³-hybridized carbons (Fsp3) is 0.400. The second kappa shape index (κ2) is 4.94. The number of aryl methyl sites for hydroxylation is 4. The standard InChI is InChI=1S/C15H21N3/c1-10-6-5-7-11(2)13(10)8-15(16)14-9-18(4)17-12(14)3/h5-7,9,15H,8,16H2,1-4H3. The zero-order chi connectivity index (χ0) is 13.3. The molecule has 0 spiro atoms. The Bertz CT molecular complexity index is 535. The van der Waals surface area contributed by atoms with Crippen molar-refractivity contribution in [3.05, 3.63) is 52.3 Å². The molecule has 18 heavy (non-hydrogen) atoms. The first-order valence-electron chi connectivity index (χ1n) is 6.30. The SMILES string of the molecule is Cc1cccc(C)c1CC(N)c1cn(C)nc1C. The number of benzene rings is 1. The van der Waals surface area contributed by atoms with Gasteiger partial charge >= 0.3 is 0 Å². The maximum Gasteiger partial charge on any atom is 0.0641 e. The number of rotatable bonds is 3. The highest BCUT2D eigenvalue weighted by atomic mass is 15.2. The van der Waals surface area contributed by atoms with E-state index in [1.165, 1.54) is 16.7 Å². The molecular formula is C15H21N3. The summed E-state index contributed by atoms with van der Waals surface area (Å²) in [7, 11) is 1.93. The molecule has 2 N–H and O–H groups in total. The Labute approximate surface area is 109 Å². The van der Waals surface area contributed by atoms with Crippen molar-refractivity contribution in [3.63, 3.8) is 0 Å². The Hall–Kier alpha value is -1.61. The smallest absolute Gasteiger partial charge is 0.0641 e. The lowest BCUT2D eigenvalue weighted by Gasteiger charge is -2.15. The van der Waals surface area contributed by atoms with Gasteiger partial charge in [-0.05, 0) is 43.9 Å². The lowest BCUT2D eigenvalue weighted by atomic mass is 9.94. The minimum atomic E-state index is 0.0125. The van der Waals surface area contributed by atoms with Crippen LogP contribution < -0.4 is 5.73 Å². The van der Waals surface area contributed by atoms with Gasteiger partial charge in [0.25, 0.3) is 0 Å². The first kappa shape index (κ1) is 12.8. The summed E-state index contributed by atoms with van der Waals surface area (Å²) in [5.74, 6) is 0. The molecule has 0 aliphatic carbocycles. The van der Waals surface area contributed by atoms with E-state index in [4.69, 9.17) is 5.73 Å². The summed E-state index contributed by atoms with van der Waals surface area (Å²) in [6.45, 7) is 6.30. The Kier molecular flexibility index (Phi) is 3.53. The molecule has 1 unspecified atom stereocenters. The highest BCUT2D eigenvalue weighted by Crippen LogP contribution is 2.22. The van der Waals surface area contributed by atoms with Gasteiger partial charge in [0.2, 0.25) is 0 Å². The second-order valence-corrected chi connectivity index (χ2v) is 5.02. The van der Waals surface area contributed by atoms with E-state index >= 15 is 0 Å². The van der Waals surface area contributed by atoms with Crippen LogP contribution in [0.5, 0.6) is 0 Å². The average Bonchev–Trinajstić information content (AvgIpc) is 2.63. The zero-order valence-corrected chi connectivity index (χ0v) is 11.6. The fourth-order valence-electron chi connectivity index (χ4n) is 2.48. The Morgan fingerprint density at radius 2 is 1.83 bits per heavy atom. The van der Waals surface area contributed by atoms with Crippen LogP contribution >= 0.6 is 0 Å². The summed E-state index contributed by atoms with van der Waals surface area (Å²) >= 11 is 0. The Morgan fingerprint density at radius 3 is 2.33 bits per heavy atom. The lowest BCUT2D eigenvalue weighted by molar-refractivity contribution is 0.709. The molecule has 0 radical (unpaired) electrons. The molecule has 2 rings (SSSR count). The molecule has 0 aliphatic rings. The Morgan fingerprint density at radius 1 is 1.22 bits per heavy atom. The van der Waals surface area contributed by atoms with E-state index in [0.717, 1.165) is 17.7 Å². The van der Waals surface area contributed by atoms with Crippen molar-refractivity contribution in [2.24, 2.45) is 12.8 Å². The third kappa shape index (κ3) is 2.46. The summed E-state index contributed by atoms with van der Waals surface area (Å²) < 4.78 is 1.83. The molecule has 0 saturated heterocycles. The number of nitrogens with zero attached hydrogens (tertiary/aromatic N) is 2. The van der Waals surface area contributed by atoms with Crippen molar-refractivity contribution in [1.29, 1.82) is 0 Å². The normalized spacial score (nSPS) is 12.7. The number of aromatic nitrogens is 2. The molecule has 0 saturated carbocycles. The van der Waals surface area contributed by atoms with Crippen LogP contribution in [0.3, 0.4) is 0 Å². The number of nitrogens with two attached hydrogens (primary N) is 1. The van der Waals surface area contributed by atoms with E-state index in [9.17, 15) is 0 Å². The maximum atomic E-state index is 6.33. The summed E-state index contributed by atoms with van der Waals surface area (Å²) in [5.41, 5.74) is 12.5. The van der Waals surface area contributed by atoms with E-state index < -0.39 is 0 Å². The van der Waals surface area contributed by atoms with Gasteiger partial charge in [-0.2, -0.15) is 5.10 Å². The molecule has 96 valence electrons. The number of hydrogen-bond donors (Lipinski definition) is 1. The molecule has 1 aromatic heterocycles. The molecule has 3 nitrogen and oxygen atoms in total. The van der Waals surface area contributed by atoms with Crippen LogP contribution in [0, 0.1) is 20.8 Å². The third-order valence-corrected chi connectivity index (χ3v) is 3.52. The van der Waals surface area contributed by atoms with E-state index in [1.54, 1.807) is 0 Å². The highest BCUT2D eigenvalue weighted by Gasteiger charge is 2.14. The Balaban J connectivity index is 2.26.